The van der Waals surface area contributed by atoms with Crippen LogP contribution in [0.2, 0.25) is 0 Å². The van der Waals surface area contributed by atoms with Gasteiger partial charge in [0.05, 0.1) is 0 Å². The van der Waals surface area contributed by atoms with Gasteiger partial charge in [-0.25, -0.2) is 4.79 Å². The largest absolute Gasteiger partial charge is 0.451 e. The Morgan fingerprint density at radius 1 is 0.605 bits per heavy atom. The quantitative estimate of drug-likeness (QED) is 0.199. The fourth-order valence-electron chi connectivity index (χ4n) is 5.34. The fourth-order valence-corrected chi connectivity index (χ4v) is 5.34. The molecule has 0 N–H and O–H groups in total. The summed E-state index contributed by atoms with van der Waals surface area (Å²) in [6.45, 7) is 0. The van der Waals surface area contributed by atoms with Gasteiger partial charge >= 0.3 is 5.97 Å². The highest BCUT2D eigenvalue weighted by Gasteiger charge is 2.28. The SMILES string of the molecule is O=C(OC(c1cccc2ccccc12)c1cccc2ccccc12)[C@H](CCc1ccccc1)n1cccc1. The molecule has 6 rings (SSSR count). The number of carbonyl (C=O) groups is 1. The first-order valence-electron chi connectivity index (χ1n) is 13.1. The van der Waals surface area contributed by atoms with Crippen LogP contribution in [0.1, 0.15) is 35.3 Å². The minimum absolute atomic E-state index is 0.233. The van der Waals surface area contributed by atoms with Crippen LogP contribution in [0.15, 0.2) is 140 Å². The maximum atomic E-state index is 14.0. The molecule has 0 radical (unpaired) electrons. The summed E-state index contributed by atoms with van der Waals surface area (Å²) in [5, 5.41) is 4.42. The molecule has 5 aromatic carbocycles. The van der Waals surface area contributed by atoms with Crippen LogP contribution in [0, 0.1) is 0 Å². The van der Waals surface area contributed by atoms with E-state index in [1.165, 1.54) is 5.56 Å². The van der Waals surface area contributed by atoms with E-state index in [4.69, 9.17) is 4.74 Å². The molecule has 6 aromatic rings. The summed E-state index contributed by atoms with van der Waals surface area (Å²) in [4.78, 5) is 14.0. The molecule has 3 nitrogen and oxygen atoms in total. The van der Waals surface area contributed by atoms with Crippen LogP contribution in [-0.4, -0.2) is 10.5 Å². The first-order chi connectivity index (χ1) is 18.8. The zero-order chi connectivity index (χ0) is 25.7. The molecular weight excluding hydrogens is 466 g/mol. The first-order valence-corrected chi connectivity index (χ1v) is 13.1. The Bertz CT molecular complexity index is 1580. The zero-order valence-electron chi connectivity index (χ0n) is 21.1. The van der Waals surface area contributed by atoms with Gasteiger partial charge in [-0.2, -0.15) is 0 Å². The minimum Gasteiger partial charge on any atom is -0.451 e. The van der Waals surface area contributed by atoms with Crippen molar-refractivity contribution in [3.05, 3.63) is 156 Å². The summed E-state index contributed by atoms with van der Waals surface area (Å²) in [6, 6.07) is 42.8. The molecule has 0 unspecified atom stereocenters. The average molecular weight is 496 g/mol. The van der Waals surface area contributed by atoms with Gasteiger partial charge in [-0.05, 0) is 52.1 Å². The maximum Gasteiger partial charge on any atom is 0.330 e. The molecule has 0 fully saturated rings. The second-order valence-electron chi connectivity index (χ2n) is 9.62. The lowest BCUT2D eigenvalue weighted by atomic mass is 9.92. The number of ether oxygens (including phenoxy) is 1. The van der Waals surface area contributed by atoms with Crippen molar-refractivity contribution in [1.29, 1.82) is 0 Å². The van der Waals surface area contributed by atoms with Crippen LogP contribution in [0.4, 0.5) is 0 Å². The third kappa shape index (κ3) is 4.83. The summed E-state index contributed by atoms with van der Waals surface area (Å²) in [7, 11) is 0. The number of rotatable bonds is 8. The molecular formula is C35H29NO2. The Hall–Kier alpha value is -4.63. The van der Waals surface area contributed by atoms with E-state index in [0.717, 1.165) is 39.1 Å². The van der Waals surface area contributed by atoms with E-state index < -0.39 is 12.1 Å². The summed E-state index contributed by atoms with van der Waals surface area (Å²) in [5.74, 6) is -0.233. The van der Waals surface area contributed by atoms with Crippen LogP contribution < -0.4 is 0 Å². The Kier molecular flexibility index (Phi) is 6.73. The van der Waals surface area contributed by atoms with Gasteiger partial charge in [-0.1, -0.05) is 115 Å². The first kappa shape index (κ1) is 23.7. The van der Waals surface area contributed by atoms with E-state index in [1.54, 1.807) is 0 Å². The van der Waals surface area contributed by atoms with Crippen molar-refractivity contribution in [3.8, 4) is 0 Å². The standard InChI is InChI=1S/C35H29NO2/c37-35(33(36-24-8-9-25-36)23-22-26-12-2-1-3-13-26)38-34(31-20-10-16-27-14-4-6-18-29(27)31)32-21-11-17-28-15-5-7-19-30(28)32/h1-21,24-25,33-34H,22-23H2/t33-/m0/s1. The van der Waals surface area contributed by atoms with Gasteiger partial charge in [0.25, 0.3) is 0 Å². The lowest BCUT2D eigenvalue weighted by Crippen LogP contribution is -2.24. The van der Waals surface area contributed by atoms with Crippen molar-refractivity contribution < 1.29 is 9.53 Å². The second-order valence-corrected chi connectivity index (χ2v) is 9.62. The second kappa shape index (κ2) is 10.8. The summed E-state index contributed by atoms with van der Waals surface area (Å²) >= 11 is 0. The number of nitrogens with zero attached hydrogens (tertiary/aromatic N) is 1. The number of hydrogen-bond donors (Lipinski definition) is 0. The molecule has 186 valence electrons. The Labute approximate surface area is 222 Å². The third-order valence-corrected chi connectivity index (χ3v) is 7.25. The van der Waals surface area contributed by atoms with E-state index in [9.17, 15) is 4.79 Å². The molecule has 0 bridgehead atoms. The predicted octanol–water partition coefficient (Wildman–Crippen LogP) is 8.30. The van der Waals surface area contributed by atoms with Crippen molar-refractivity contribution >= 4 is 27.5 Å². The summed E-state index contributed by atoms with van der Waals surface area (Å²) < 4.78 is 8.52. The molecule has 1 aromatic heterocycles. The van der Waals surface area contributed by atoms with E-state index in [1.807, 2.05) is 83.7 Å². The van der Waals surface area contributed by atoms with E-state index in [-0.39, 0.29) is 5.97 Å². The van der Waals surface area contributed by atoms with Crippen LogP contribution in [0.25, 0.3) is 21.5 Å². The number of aromatic nitrogens is 1. The molecule has 1 atom stereocenters. The number of hydrogen-bond acceptors (Lipinski definition) is 2. The van der Waals surface area contributed by atoms with Crippen molar-refractivity contribution in [2.75, 3.05) is 0 Å². The van der Waals surface area contributed by atoms with Crippen molar-refractivity contribution in [1.82, 2.24) is 4.57 Å². The molecule has 0 aliphatic heterocycles. The van der Waals surface area contributed by atoms with Gasteiger partial charge in [0, 0.05) is 23.5 Å². The Morgan fingerprint density at radius 2 is 1.13 bits per heavy atom. The zero-order valence-corrected chi connectivity index (χ0v) is 21.1. The normalized spacial score (nSPS) is 12.1. The van der Waals surface area contributed by atoms with Gasteiger partial charge in [-0.3, -0.25) is 0 Å². The Balaban J connectivity index is 1.42. The number of esters is 1. The van der Waals surface area contributed by atoms with Crippen LogP contribution in [0.3, 0.4) is 0 Å². The van der Waals surface area contributed by atoms with E-state index in [0.29, 0.717) is 6.42 Å². The molecule has 0 spiro atoms. The monoisotopic (exact) mass is 495 g/mol. The maximum absolute atomic E-state index is 14.0. The summed E-state index contributed by atoms with van der Waals surface area (Å²) in [6.07, 6.45) is 4.78. The molecule has 0 aliphatic carbocycles. The van der Waals surface area contributed by atoms with Crippen LogP contribution in [0.5, 0.6) is 0 Å². The smallest absolute Gasteiger partial charge is 0.330 e. The lowest BCUT2D eigenvalue weighted by molar-refractivity contribution is -0.151. The number of fused-ring (bicyclic) bond motifs is 2. The molecule has 0 saturated carbocycles. The van der Waals surface area contributed by atoms with Gasteiger partial charge in [0.2, 0.25) is 0 Å². The van der Waals surface area contributed by atoms with Gasteiger partial charge in [-0.15, -0.1) is 0 Å². The van der Waals surface area contributed by atoms with Crippen molar-refractivity contribution in [2.24, 2.45) is 0 Å². The topological polar surface area (TPSA) is 31.2 Å². The number of carbonyl (C=O) groups excluding carboxylic acids is 1. The fraction of sp³-hybridized carbons (Fsp3) is 0.114. The van der Waals surface area contributed by atoms with E-state index >= 15 is 0 Å². The van der Waals surface area contributed by atoms with Gasteiger partial charge in [0.1, 0.15) is 6.04 Å². The van der Waals surface area contributed by atoms with Crippen molar-refractivity contribution in [2.45, 2.75) is 25.0 Å². The highest BCUT2D eigenvalue weighted by Crippen LogP contribution is 2.37. The molecule has 38 heavy (non-hydrogen) atoms. The van der Waals surface area contributed by atoms with Crippen molar-refractivity contribution in [3.63, 3.8) is 0 Å². The number of benzene rings is 5. The molecule has 0 saturated heterocycles. The lowest BCUT2D eigenvalue weighted by Gasteiger charge is -2.25. The average Bonchev–Trinajstić information content (AvgIpc) is 3.51. The molecule has 0 amide bonds. The molecule has 0 aliphatic rings. The summed E-state index contributed by atoms with van der Waals surface area (Å²) in [5.41, 5.74) is 3.18. The minimum atomic E-state index is -0.547. The third-order valence-electron chi connectivity index (χ3n) is 7.25. The molecule has 3 heteroatoms. The number of aryl methyl sites for hydroxylation is 1. The highest BCUT2D eigenvalue weighted by molar-refractivity contribution is 5.90. The van der Waals surface area contributed by atoms with Gasteiger partial charge in [0.15, 0.2) is 6.10 Å². The van der Waals surface area contributed by atoms with E-state index in [2.05, 4.69) is 60.7 Å². The van der Waals surface area contributed by atoms with Gasteiger partial charge < -0.3 is 9.30 Å². The molecule has 1 heterocycles. The highest BCUT2D eigenvalue weighted by atomic mass is 16.5. The van der Waals surface area contributed by atoms with Crippen LogP contribution in [-0.2, 0) is 16.0 Å². The Morgan fingerprint density at radius 3 is 1.74 bits per heavy atom. The van der Waals surface area contributed by atoms with Crippen LogP contribution >= 0.6 is 0 Å². The predicted molar refractivity (Wildman–Crippen MR) is 154 cm³/mol.